The van der Waals surface area contributed by atoms with Crippen LogP contribution in [0.4, 0.5) is 4.39 Å². The van der Waals surface area contributed by atoms with Crippen LogP contribution in [0.15, 0.2) is 66.5 Å². The van der Waals surface area contributed by atoms with E-state index in [-0.39, 0.29) is 0 Å². The molecule has 1 fully saturated rings. The second kappa shape index (κ2) is 9.00. The number of para-hydroxylation sites is 1. The lowest BCUT2D eigenvalue weighted by molar-refractivity contribution is -0.149. The molecule has 0 saturated heterocycles. The van der Waals surface area contributed by atoms with Crippen molar-refractivity contribution in [3.8, 4) is 17.6 Å². The third kappa shape index (κ3) is 4.92. The maximum absolute atomic E-state index is 13.9. The third-order valence-corrected chi connectivity index (χ3v) is 5.36. The highest BCUT2D eigenvalue weighted by atomic mass is 19.1. The van der Waals surface area contributed by atoms with Gasteiger partial charge >= 0.3 is 11.9 Å². The van der Waals surface area contributed by atoms with E-state index in [9.17, 15) is 19.2 Å². The minimum absolute atomic E-state index is 0.454. The zero-order valence-electron chi connectivity index (χ0n) is 17.4. The van der Waals surface area contributed by atoms with Crippen molar-refractivity contribution in [3.63, 3.8) is 0 Å². The van der Waals surface area contributed by atoms with Crippen molar-refractivity contribution in [1.29, 1.82) is 5.26 Å². The first kappa shape index (κ1) is 22.0. The van der Waals surface area contributed by atoms with Gasteiger partial charge in [-0.05, 0) is 41.7 Å². The first-order valence-corrected chi connectivity index (χ1v) is 9.66. The Morgan fingerprint density at radius 3 is 2.45 bits per heavy atom. The van der Waals surface area contributed by atoms with E-state index < -0.39 is 41.1 Å². The summed E-state index contributed by atoms with van der Waals surface area (Å²) in [7, 11) is 1.08. The fraction of sp³-hybridized carbons (Fsp3) is 0.292. The van der Waals surface area contributed by atoms with E-state index in [2.05, 4.69) is 4.74 Å². The molecule has 6 nitrogen and oxygen atoms in total. The molecular formula is C24H22FNO5. The number of esters is 2. The summed E-state index contributed by atoms with van der Waals surface area (Å²) in [5, 5.41) is 9.56. The Balaban J connectivity index is 1.71. The summed E-state index contributed by atoms with van der Waals surface area (Å²) < 4.78 is 29.4. The molecule has 1 aliphatic rings. The highest BCUT2D eigenvalue weighted by Gasteiger charge is 2.62. The van der Waals surface area contributed by atoms with Crippen molar-refractivity contribution in [3.05, 3.63) is 72.1 Å². The van der Waals surface area contributed by atoms with E-state index >= 15 is 0 Å². The number of benzene rings is 2. The van der Waals surface area contributed by atoms with Gasteiger partial charge in [0.05, 0.1) is 13.0 Å². The second-order valence-corrected chi connectivity index (χ2v) is 7.76. The number of halogens is 1. The monoisotopic (exact) mass is 423 g/mol. The molecule has 1 aliphatic carbocycles. The van der Waals surface area contributed by atoms with Gasteiger partial charge in [0.2, 0.25) is 11.9 Å². The zero-order valence-corrected chi connectivity index (χ0v) is 17.4. The number of hydrogen-bond donors (Lipinski definition) is 0. The van der Waals surface area contributed by atoms with Crippen LogP contribution in [0.3, 0.4) is 0 Å². The smallest absolute Gasteiger partial charge is 0.366 e. The number of hydrogen-bond acceptors (Lipinski definition) is 6. The Labute approximate surface area is 179 Å². The Morgan fingerprint density at radius 1 is 1.13 bits per heavy atom. The number of ether oxygens (including phenoxy) is 3. The van der Waals surface area contributed by atoms with Crippen LogP contribution in [0.2, 0.25) is 0 Å². The molecule has 3 unspecified atom stereocenters. The Hall–Kier alpha value is -3.66. The summed E-state index contributed by atoms with van der Waals surface area (Å²) in [5.41, 5.74) is -0.156. The minimum atomic E-state index is -1.15. The second-order valence-electron chi connectivity index (χ2n) is 7.76. The molecule has 0 aromatic heterocycles. The van der Waals surface area contributed by atoms with E-state index in [1.54, 1.807) is 50.2 Å². The fourth-order valence-electron chi connectivity index (χ4n) is 3.49. The molecule has 3 atom stereocenters. The van der Waals surface area contributed by atoms with Crippen molar-refractivity contribution in [2.75, 3.05) is 7.11 Å². The SMILES string of the molecule is COC(=O)/C(F)=C/C1C(C(=O)OC(C#N)c2cccc(Oc3ccccc3)c2)C1(C)C. The maximum atomic E-state index is 13.9. The Bertz CT molecular complexity index is 1040. The number of rotatable bonds is 7. The third-order valence-electron chi connectivity index (χ3n) is 5.36. The lowest BCUT2D eigenvalue weighted by Crippen LogP contribution is -2.14. The van der Waals surface area contributed by atoms with Crippen LogP contribution < -0.4 is 4.74 Å². The van der Waals surface area contributed by atoms with Gasteiger partial charge in [-0.15, -0.1) is 0 Å². The number of nitriles is 1. The molecule has 2 aromatic rings. The standard InChI is InChI=1S/C24H22FNO5/c1-24(2)18(13-19(25)22(27)29-3)21(24)23(28)31-20(14-26)15-8-7-11-17(12-15)30-16-9-5-4-6-10-16/h4-13,18,20-21H,1-3H3/b19-13-. The summed E-state index contributed by atoms with van der Waals surface area (Å²) >= 11 is 0. The summed E-state index contributed by atoms with van der Waals surface area (Å²) in [5.74, 6) is -2.88. The van der Waals surface area contributed by atoms with Crippen molar-refractivity contribution >= 4 is 11.9 Å². The van der Waals surface area contributed by atoms with Crippen LogP contribution in [0.5, 0.6) is 11.5 Å². The van der Waals surface area contributed by atoms with Crippen molar-refractivity contribution < 1.29 is 28.2 Å². The number of nitrogens with zero attached hydrogens (tertiary/aromatic N) is 1. The fourth-order valence-corrected chi connectivity index (χ4v) is 3.49. The first-order valence-electron chi connectivity index (χ1n) is 9.66. The molecule has 0 spiro atoms. The largest absolute Gasteiger partial charge is 0.464 e. The molecule has 0 bridgehead atoms. The van der Waals surface area contributed by atoms with Crippen LogP contribution in [0.1, 0.15) is 25.5 Å². The Morgan fingerprint density at radius 2 is 1.81 bits per heavy atom. The average molecular weight is 423 g/mol. The number of carbonyl (C=O) groups is 2. The first-order chi connectivity index (χ1) is 14.8. The molecule has 0 N–H and O–H groups in total. The summed E-state index contributed by atoms with van der Waals surface area (Å²) in [4.78, 5) is 24.0. The van der Waals surface area contributed by atoms with Gasteiger partial charge in [0.1, 0.15) is 17.6 Å². The predicted molar refractivity (Wildman–Crippen MR) is 109 cm³/mol. The number of methoxy groups -OCH3 is 1. The van der Waals surface area contributed by atoms with E-state index in [1.165, 1.54) is 0 Å². The molecule has 1 saturated carbocycles. The van der Waals surface area contributed by atoms with Crippen LogP contribution in [-0.4, -0.2) is 19.0 Å². The van der Waals surface area contributed by atoms with Crippen molar-refractivity contribution in [2.24, 2.45) is 17.3 Å². The molecule has 0 radical (unpaired) electrons. The van der Waals surface area contributed by atoms with Gasteiger partial charge in [0, 0.05) is 5.56 Å². The molecule has 0 aliphatic heterocycles. The molecule has 7 heteroatoms. The summed E-state index contributed by atoms with van der Waals surface area (Å²) in [6.45, 7) is 3.53. The van der Waals surface area contributed by atoms with Gasteiger partial charge in [-0.3, -0.25) is 4.79 Å². The van der Waals surface area contributed by atoms with E-state index in [4.69, 9.17) is 9.47 Å². The van der Waals surface area contributed by atoms with Gasteiger partial charge in [-0.2, -0.15) is 9.65 Å². The quantitative estimate of drug-likeness (QED) is 0.466. The molecule has 0 heterocycles. The molecule has 3 rings (SSSR count). The van der Waals surface area contributed by atoms with Gasteiger partial charge in [-0.25, -0.2) is 4.79 Å². The molecule has 160 valence electrons. The van der Waals surface area contributed by atoms with Crippen LogP contribution in [0, 0.1) is 28.6 Å². The van der Waals surface area contributed by atoms with E-state index in [0.29, 0.717) is 17.1 Å². The normalized spacial score (nSPS) is 20.2. The molecule has 0 amide bonds. The summed E-state index contributed by atoms with van der Waals surface area (Å²) in [6, 6.07) is 17.8. The summed E-state index contributed by atoms with van der Waals surface area (Å²) in [6.07, 6.45) is -0.0775. The molecular weight excluding hydrogens is 401 g/mol. The number of carbonyl (C=O) groups excluding carboxylic acids is 2. The molecule has 31 heavy (non-hydrogen) atoms. The Kier molecular flexibility index (Phi) is 6.40. The van der Waals surface area contributed by atoms with E-state index in [0.717, 1.165) is 13.2 Å². The van der Waals surface area contributed by atoms with Crippen LogP contribution in [0.25, 0.3) is 0 Å². The zero-order chi connectivity index (χ0) is 22.6. The van der Waals surface area contributed by atoms with Crippen LogP contribution >= 0.6 is 0 Å². The van der Waals surface area contributed by atoms with Crippen molar-refractivity contribution in [2.45, 2.75) is 20.0 Å². The highest BCUT2D eigenvalue weighted by Crippen LogP contribution is 2.60. The van der Waals surface area contributed by atoms with Gasteiger partial charge in [-0.1, -0.05) is 44.2 Å². The van der Waals surface area contributed by atoms with Gasteiger partial charge in [0.25, 0.3) is 0 Å². The lowest BCUT2D eigenvalue weighted by atomic mass is 10.1. The van der Waals surface area contributed by atoms with Gasteiger partial charge in [0.15, 0.2) is 0 Å². The lowest BCUT2D eigenvalue weighted by Gasteiger charge is -2.13. The maximum Gasteiger partial charge on any atom is 0.366 e. The highest BCUT2D eigenvalue weighted by molar-refractivity contribution is 5.86. The number of allylic oxidation sites excluding steroid dienone is 1. The minimum Gasteiger partial charge on any atom is -0.464 e. The average Bonchev–Trinajstić information content (AvgIpc) is 3.31. The topological polar surface area (TPSA) is 85.6 Å². The molecule has 2 aromatic carbocycles. The predicted octanol–water partition coefficient (Wildman–Crippen LogP) is 4.89. The van der Waals surface area contributed by atoms with Crippen LogP contribution in [-0.2, 0) is 19.1 Å². The van der Waals surface area contributed by atoms with Crippen molar-refractivity contribution in [1.82, 2.24) is 0 Å². The van der Waals surface area contributed by atoms with E-state index in [1.807, 2.05) is 24.3 Å². The van der Waals surface area contributed by atoms with Gasteiger partial charge < -0.3 is 14.2 Å².